The van der Waals surface area contributed by atoms with Crippen LogP contribution in [0.4, 0.5) is 5.69 Å². The topological polar surface area (TPSA) is 98.8 Å². The molecule has 3 aromatic carbocycles. The summed E-state index contributed by atoms with van der Waals surface area (Å²) >= 11 is 0. The number of amides is 1. The molecule has 0 atom stereocenters. The number of anilines is 1. The Morgan fingerprint density at radius 1 is 0.727 bits per heavy atom. The first-order chi connectivity index (χ1) is 15.9. The molecule has 7 heteroatoms. The molecule has 0 fully saturated rings. The van der Waals surface area contributed by atoms with E-state index in [1.807, 2.05) is 19.1 Å². The van der Waals surface area contributed by atoms with Crippen molar-refractivity contribution in [3.8, 4) is 0 Å². The molecule has 0 bridgehead atoms. The molecule has 0 aliphatic rings. The number of esters is 2. The van der Waals surface area contributed by atoms with Crippen LogP contribution in [0.1, 0.15) is 49.1 Å². The summed E-state index contributed by atoms with van der Waals surface area (Å²) in [6, 6.07) is 19.5. The van der Waals surface area contributed by atoms with Crippen LogP contribution in [-0.2, 0) is 14.3 Å². The third-order valence-electron chi connectivity index (χ3n) is 4.72. The van der Waals surface area contributed by atoms with E-state index in [2.05, 4.69) is 5.32 Å². The van der Waals surface area contributed by atoms with Gasteiger partial charge in [0, 0.05) is 16.8 Å². The number of rotatable bonds is 8. The predicted octanol–water partition coefficient (Wildman–Crippen LogP) is 4.20. The Morgan fingerprint density at radius 3 is 1.97 bits per heavy atom. The molecule has 0 aliphatic heterocycles. The maximum absolute atomic E-state index is 12.9. The van der Waals surface area contributed by atoms with E-state index in [0.717, 1.165) is 5.56 Å². The first-order valence-corrected chi connectivity index (χ1v) is 10.3. The highest BCUT2D eigenvalue weighted by molar-refractivity contribution is 6.14. The predicted molar refractivity (Wildman–Crippen MR) is 122 cm³/mol. The van der Waals surface area contributed by atoms with Crippen LogP contribution in [-0.4, -0.2) is 36.8 Å². The Balaban J connectivity index is 1.62. The lowest BCUT2D eigenvalue weighted by atomic mass is 9.98. The molecule has 33 heavy (non-hydrogen) atoms. The van der Waals surface area contributed by atoms with Crippen LogP contribution in [0.3, 0.4) is 0 Å². The highest BCUT2D eigenvalue weighted by Gasteiger charge is 2.20. The standard InChI is InChI=1S/C26H23NO6/c1-3-32-25(30)19-12-14-20(15-13-19)27-23(28)16-33-26(31)22-7-5-4-6-21(22)24(29)18-10-8-17(2)9-11-18/h4-15H,3,16H2,1-2H3,(H,27,28). The van der Waals surface area contributed by atoms with Crippen molar-refractivity contribution in [2.75, 3.05) is 18.5 Å². The van der Waals surface area contributed by atoms with Crippen LogP contribution >= 0.6 is 0 Å². The summed E-state index contributed by atoms with van der Waals surface area (Å²) in [4.78, 5) is 49.3. The van der Waals surface area contributed by atoms with Crippen molar-refractivity contribution in [1.82, 2.24) is 0 Å². The smallest absolute Gasteiger partial charge is 0.339 e. The normalized spacial score (nSPS) is 10.2. The van der Waals surface area contributed by atoms with Gasteiger partial charge in [0.25, 0.3) is 5.91 Å². The molecule has 0 saturated carbocycles. The molecule has 0 aliphatic carbocycles. The highest BCUT2D eigenvalue weighted by Crippen LogP contribution is 2.17. The second-order valence-electron chi connectivity index (χ2n) is 7.16. The van der Waals surface area contributed by atoms with Crippen LogP contribution in [0.15, 0.2) is 72.8 Å². The molecule has 3 aromatic rings. The second-order valence-corrected chi connectivity index (χ2v) is 7.16. The third kappa shape index (κ3) is 6.13. The van der Waals surface area contributed by atoms with Crippen molar-refractivity contribution in [2.45, 2.75) is 13.8 Å². The summed E-state index contributed by atoms with van der Waals surface area (Å²) in [5.74, 6) is -2.11. The molecular formula is C26H23NO6. The first-order valence-electron chi connectivity index (χ1n) is 10.3. The number of carbonyl (C=O) groups excluding carboxylic acids is 4. The molecule has 1 amide bonds. The largest absolute Gasteiger partial charge is 0.462 e. The van der Waals surface area contributed by atoms with Crippen LogP contribution in [0.5, 0.6) is 0 Å². The Labute approximate surface area is 191 Å². The lowest BCUT2D eigenvalue weighted by molar-refractivity contribution is -0.119. The maximum atomic E-state index is 12.9. The van der Waals surface area contributed by atoms with E-state index < -0.39 is 24.5 Å². The van der Waals surface area contributed by atoms with Crippen molar-refractivity contribution >= 4 is 29.3 Å². The number of hydrogen-bond donors (Lipinski definition) is 1. The minimum Gasteiger partial charge on any atom is -0.462 e. The summed E-state index contributed by atoms with van der Waals surface area (Å²) < 4.78 is 10.0. The van der Waals surface area contributed by atoms with Gasteiger partial charge in [-0.15, -0.1) is 0 Å². The molecule has 0 heterocycles. The number of benzene rings is 3. The molecule has 0 unspecified atom stereocenters. The zero-order valence-corrected chi connectivity index (χ0v) is 18.3. The molecule has 0 aromatic heterocycles. The summed E-state index contributed by atoms with van der Waals surface area (Å²) in [5.41, 5.74) is 2.52. The maximum Gasteiger partial charge on any atom is 0.339 e. The molecule has 0 radical (unpaired) electrons. The van der Waals surface area contributed by atoms with Crippen LogP contribution in [0.2, 0.25) is 0 Å². The van der Waals surface area contributed by atoms with Gasteiger partial charge in [-0.1, -0.05) is 48.0 Å². The van der Waals surface area contributed by atoms with Crippen LogP contribution < -0.4 is 5.32 Å². The summed E-state index contributed by atoms with van der Waals surface area (Å²) in [6.45, 7) is 3.36. The van der Waals surface area contributed by atoms with Crippen molar-refractivity contribution in [3.63, 3.8) is 0 Å². The minimum atomic E-state index is -0.779. The van der Waals surface area contributed by atoms with Gasteiger partial charge < -0.3 is 14.8 Å². The molecule has 7 nitrogen and oxygen atoms in total. The fourth-order valence-electron chi connectivity index (χ4n) is 3.03. The molecular weight excluding hydrogens is 422 g/mol. The van der Waals surface area contributed by atoms with Crippen LogP contribution in [0, 0.1) is 6.92 Å². The summed E-state index contributed by atoms with van der Waals surface area (Å²) in [6.07, 6.45) is 0. The van der Waals surface area contributed by atoms with Crippen molar-refractivity contribution < 1.29 is 28.7 Å². The van der Waals surface area contributed by atoms with E-state index in [1.165, 1.54) is 18.2 Å². The number of carbonyl (C=O) groups is 4. The third-order valence-corrected chi connectivity index (χ3v) is 4.72. The molecule has 3 rings (SSSR count). The van der Waals surface area contributed by atoms with E-state index in [1.54, 1.807) is 49.4 Å². The van der Waals surface area contributed by atoms with E-state index in [9.17, 15) is 19.2 Å². The Bertz CT molecular complexity index is 1170. The number of nitrogens with one attached hydrogen (secondary N) is 1. The zero-order valence-electron chi connectivity index (χ0n) is 18.3. The Hall–Kier alpha value is -4.26. The number of ether oxygens (including phenoxy) is 2. The monoisotopic (exact) mass is 445 g/mol. The lowest BCUT2D eigenvalue weighted by Gasteiger charge is -2.10. The van der Waals surface area contributed by atoms with E-state index >= 15 is 0 Å². The molecule has 0 saturated heterocycles. The van der Waals surface area contributed by atoms with Gasteiger partial charge in [-0.05, 0) is 44.2 Å². The highest BCUT2D eigenvalue weighted by atomic mass is 16.5. The molecule has 1 N–H and O–H groups in total. The van der Waals surface area contributed by atoms with E-state index in [0.29, 0.717) is 16.8 Å². The van der Waals surface area contributed by atoms with Crippen molar-refractivity contribution in [3.05, 3.63) is 101 Å². The number of hydrogen-bond acceptors (Lipinski definition) is 6. The average molecular weight is 445 g/mol. The van der Waals surface area contributed by atoms with Gasteiger partial charge in [0.05, 0.1) is 17.7 Å². The van der Waals surface area contributed by atoms with Gasteiger partial charge in [0.1, 0.15) is 0 Å². The van der Waals surface area contributed by atoms with Crippen LogP contribution in [0.25, 0.3) is 0 Å². The zero-order chi connectivity index (χ0) is 23.8. The number of ketones is 1. The van der Waals surface area contributed by atoms with E-state index in [4.69, 9.17) is 9.47 Å². The fraction of sp³-hybridized carbons (Fsp3) is 0.154. The Kier molecular flexibility index (Phi) is 7.70. The van der Waals surface area contributed by atoms with Gasteiger partial charge in [-0.3, -0.25) is 9.59 Å². The minimum absolute atomic E-state index is 0.0784. The summed E-state index contributed by atoms with van der Waals surface area (Å²) in [7, 11) is 0. The van der Waals surface area contributed by atoms with Gasteiger partial charge in [0.2, 0.25) is 0 Å². The van der Waals surface area contributed by atoms with Gasteiger partial charge >= 0.3 is 11.9 Å². The van der Waals surface area contributed by atoms with Gasteiger partial charge in [0.15, 0.2) is 12.4 Å². The lowest BCUT2D eigenvalue weighted by Crippen LogP contribution is -2.22. The first kappa shape index (κ1) is 23.4. The SMILES string of the molecule is CCOC(=O)c1ccc(NC(=O)COC(=O)c2ccccc2C(=O)c2ccc(C)cc2)cc1. The number of aryl methyl sites for hydroxylation is 1. The van der Waals surface area contributed by atoms with Crippen molar-refractivity contribution in [2.24, 2.45) is 0 Å². The van der Waals surface area contributed by atoms with Gasteiger partial charge in [-0.2, -0.15) is 0 Å². The van der Waals surface area contributed by atoms with E-state index in [-0.39, 0.29) is 23.5 Å². The van der Waals surface area contributed by atoms with Crippen molar-refractivity contribution in [1.29, 1.82) is 0 Å². The average Bonchev–Trinajstić information content (AvgIpc) is 2.83. The second kappa shape index (κ2) is 10.9. The quantitative estimate of drug-likeness (QED) is 0.412. The fourth-order valence-corrected chi connectivity index (χ4v) is 3.03. The molecule has 168 valence electrons. The summed E-state index contributed by atoms with van der Waals surface area (Å²) in [5, 5.41) is 2.58. The Morgan fingerprint density at radius 2 is 1.33 bits per heavy atom. The molecule has 0 spiro atoms. The van der Waals surface area contributed by atoms with Gasteiger partial charge in [-0.25, -0.2) is 9.59 Å².